The third-order valence-electron chi connectivity index (χ3n) is 3.78. The van der Waals surface area contributed by atoms with Crippen LogP contribution in [-0.4, -0.2) is 60.8 Å². The normalized spacial score (nSPS) is 17.0. The van der Waals surface area contributed by atoms with Crippen LogP contribution in [0.4, 0.5) is 0 Å². The first-order chi connectivity index (χ1) is 10.8. The molecule has 0 saturated carbocycles. The second-order valence-corrected chi connectivity index (χ2v) is 6.24. The Labute approximate surface area is 136 Å². The van der Waals surface area contributed by atoms with Crippen LogP contribution in [0.3, 0.4) is 0 Å². The van der Waals surface area contributed by atoms with Crippen molar-refractivity contribution in [3.05, 3.63) is 12.2 Å². The number of ether oxygens (including phenoxy) is 2. The van der Waals surface area contributed by atoms with Crippen LogP contribution in [0.25, 0.3) is 0 Å². The molecule has 1 rings (SSSR count). The molecule has 1 fully saturated rings. The number of carbonyl (C=O) groups excluding carboxylic acids is 3. The van der Waals surface area contributed by atoms with E-state index >= 15 is 0 Å². The number of rotatable bonds is 6. The van der Waals surface area contributed by atoms with Crippen molar-refractivity contribution >= 4 is 17.8 Å². The van der Waals surface area contributed by atoms with Crippen LogP contribution in [0.5, 0.6) is 0 Å². The summed E-state index contributed by atoms with van der Waals surface area (Å²) in [6, 6.07) is 0. The molecule has 0 aromatic rings. The minimum Gasteiger partial charge on any atom is -0.466 e. The Morgan fingerprint density at radius 1 is 1.13 bits per heavy atom. The van der Waals surface area contributed by atoms with Crippen molar-refractivity contribution in [1.29, 1.82) is 0 Å². The molecule has 7 nitrogen and oxygen atoms in total. The maximum absolute atomic E-state index is 12.3. The van der Waals surface area contributed by atoms with Crippen LogP contribution in [-0.2, 0) is 23.9 Å². The number of piperidine rings is 1. The SMILES string of the molecule is COC(=O)/C=C/C(=O)OCC(C)(C)[C@@H](O)C(=O)N1CCCCC1. The topological polar surface area (TPSA) is 93.1 Å². The van der Waals surface area contributed by atoms with Gasteiger partial charge in [-0.1, -0.05) is 13.8 Å². The molecule has 130 valence electrons. The number of likely N-dealkylation sites (tertiary alicyclic amines) is 1. The summed E-state index contributed by atoms with van der Waals surface area (Å²) in [6.45, 7) is 4.45. The van der Waals surface area contributed by atoms with E-state index in [1.807, 2.05) is 0 Å². The highest BCUT2D eigenvalue weighted by Gasteiger charge is 2.37. The van der Waals surface area contributed by atoms with E-state index < -0.39 is 23.5 Å². The Morgan fingerprint density at radius 2 is 1.70 bits per heavy atom. The minimum atomic E-state index is -1.25. The monoisotopic (exact) mass is 327 g/mol. The third-order valence-corrected chi connectivity index (χ3v) is 3.78. The number of carbonyl (C=O) groups is 3. The van der Waals surface area contributed by atoms with Crippen molar-refractivity contribution in [2.75, 3.05) is 26.8 Å². The fourth-order valence-electron chi connectivity index (χ4n) is 2.21. The lowest BCUT2D eigenvalue weighted by Crippen LogP contribution is -2.49. The van der Waals surface area contributed by atoms with E-state index in [0.717, 1.165) is 31.4 Å². The Bertz CT molecular complexity index is 465. The number of aliphatic hydroxyl groups excluding tert-OH is 1. The molecule has 23 heavy (non-hydrogen) atoms. The van der Waals surface area contributed by atoms with Gasteiger partial charge in [-0.2, -0.15) is 0 Å². The van der Waals surface area contributed by atoms with E-state index in [9.17, 15) is 19.5 Å². The number of amides is 1. The lowest BCUT2D eigenvalue weighted by atomic mass is 9.86. The second kappa shape index (κ2) is 8.67. The molecule has 7 heteroatoms. The fraction of sp³-hybridized carbons (Fsp3) is 0.688. The standard InChI is InChI=1S/C16H25NO6/c1-16(2,11-23-13(19)8-7-12(18)22-3)14(20)15(21)17-9-5-4-6-10-17/h7-8,14,20H,4-6,9-11H2,1-3H3/b8-7+/t14-/m0/s1. The summed E-state index contributed by atoms with van der Waals surface area (Å²) in [5, 5.41) is 10.3. The van der Waals surface area contributed by atoms with E-state index in [1.54, 1.807) is 18.7 Å². The summed E-state index contributed by atoms with van der Waals surface area (Å²) >= 11 is 0. The molecule has 1 saturated heterocycles. The van der Waals surface area contributed by atoms with Crippen molar-refractivity contribution in [3.8, 4) is 0 Å². The molecule has 1 aliphatic rings. The second-order valence-electron chi connectivity index (χ2n) is 6.24. The highest BCUT2D eigenvalue weighted by Crippen LogP contribution is 2.24. The smallest absolute Gasteiger partial charge is 0.331 e. The summed E-state index contributed by atoms with van der Waals surface area (Å²) < 4.78 is 9.36. The van der Waals surface area contributed by atoms with E-state index in [0.29, 0.717) is 13.1 Å². The van der Waals surface area contributed by atoms with Crippen LogP contribution < -0.4 is 0 Å². The van der Waals surface area contributed by atoms with Gasteiger partial charge in [0.25, 0.3) is 5.91 Å². The van der Waals surface area contributed by atoms with Gasteiger partial charge in [-0.05, 0) is 19.3 Å². The average Bonchev–Trinajstić information content (AvgIpc) is 2.57. The maximum atomic E-state index is 12.3. The van der Waals surface area contributed by atoms with Gasteiger partial charge in [-0.25, -0.2) is 9.59 Å². The number of methoxy groups -OCH3 is 1. The van der Waals surface area contributed by atoms with Gasteiger partial charge in [0, 0.05) is 30.7 Å². The van der Waals surface area contributed by atoms with E-state index in [2.05, 4.69) is 4.74 Å². The summed E-state index contributed by atoms with van der Waals surface area (Å²) in [5.41, 5.74) is -0.927. The zero-order chi connectivity index (χ0) is 17.5. The predicted octanol–water partition coefficient (Wildman–Crippen LogP) is 0.658. The van der Waals surface area contributed by atoms with Gasteiger partial charge in [-0.3, -0.25) is 4.79 Å². The number of nitrogens with zero attached hydrogens (tertiary/aromatic N) is 1. The summed E-state index contributed by atoms with van der Waals surface area (Å²) in [6.07, 6.45) is 3.61. The number of hydrogen-bond donors (Lipinski definition) is 1. The van der Waals surface area contributed by atoms with Crippen molar-refractivity contribution in [1.82, 2.24) is 4.90 Å². The number of esters is 2. The Kier molecular flexibility index (Phi) is 7.22. The minimum absolute atomic E-state index is 0.141. The van der Waals surface area contributed by atoms with Crippen molar-refractivity contribution < 1.29 is 29.0 Å². The Balaban J connectivity index is 2.53. The first kappa shape index (κ1) is 19.2. The van der Waals surface area contributed by atoms with Crippen molar-refractivity contribution in [2.24, 2.45) is 5.41 Å². The molecule has 0 unspecified atom stereocenters. The fourth-order valence-corrected chi connectivity index (χ4v) is 2.21. The van der Waals surface area contributed by atoms with Crippen molar-refractivity contribution in [3.63, 3.8) is 0 Å². The molecule has 1 amide bonds. The van der Waals surface area contributed by atoms with E-state index in [-0.39, 0.29) is 12.5 Å². The molecular weight excluding hydrogens is 302 g/mol. The Hall–Kier alpha value is -1.89. The molecule has 0 aromatic carbocycles. The van der Waals surface area contributed by atoms with Gasteiger partial charge in [0.1, 0.15) is 6.10 Å². The van der Waals surface area contributed by atoms with Crippen LogP contribution in [0.2, 0.25) is 0 Å². The van der Waals surface area contributed by atoms with Gasteiger partial charge >= 0.3 is 11.9 Å². The highest BCUT2D eigenvalue weighted by atomic mass is 16.5. The first-order valence-electron chi connectivity index (χ1n) is 7.67. The van der Waals surface area contributed by atoms with Crippen LogP contribution in [0.15, 0.2) is 12.2 Å². The molecular formula is C16H25NO6. The molecule has 0 aliphatic carbocycles. The number of hydrogen-bond acceptors (Lipinski definition) is 6. The molecule has 0 radical (unpaired) electrons. The van der Waals surface area contributed by atoms with Crippen molar-refractivity contribution in [2.45, 2.75) is 39.2 Å². The van der Waals surface area contributed by atoms with Crippen LogP contribution >= 0.6 is 0 Å². The third kappa shape index (κ3) is 6.02. The zero-order valence-corrected chi connectivity index (χ0v) is 13.9. The molecule has 1 heterocycles. The zero-order valence-electron chi connectivity index (χ0n) is 13.9. The van der Waals surface area contributed by atoms with Crippen LogP contribution in [0, 0.1) is 5.41 Å². The molecule has 1 N–H and O–H groups in total. The molecule has 0 bridgehead atoms. The lowest BCUT2D eigenvalue weighted by molar-refractivity contribution is -0.155. The predicted molar refractivity (Wildman–Crippen MR) is 82.3 cm³/mol. The van der Waals surface area contributed by atoms with Gasteiger partial charge in [-0.15, -0.1) is 0 Å². The van der Waals surface area contributed by atoms with Crippen LogP contribution in [0.1, 0.15) is 33.1 Å². The summed E-state index contributed by atoms with van der Waals surface area (Å²) in [5.74, 6) is -1.74. The number of aliphatic hydroxyl groups is 1. The lowest BCUT2D eigenvalue weighted by Gasteiger charge is -2.34. The first-order valence-corrected chi connectivity index (χ1v) is 7.67. The maximum Gasteiger partial charge on any atom is 0.331 e. The molecule has 1 aliphatic heterocycles. The molecule has 0 spiro atoms. The summed E-state index contributed by atoms with van der Waals surface area (Å²) in [7, 11) is 1.20. The highest BCUT2D eigenvalue weighted by molar-refractivity contribution is 5.91. The van der Waals surface area contributed by atoms with Gasteiger partial charge in [0.05, 0.1) is 13.7 Å². The molecule has 0 aromatic heterocycles. The Morgan fingerprint density at radius 3 is 2.26 bits per heavy atom. The molecule has 1 atom stereocenters. The quantitative estimate of drug-likeness (QED) is 0.569. The largest absolute Gasteiger partial charge is 0.466 e. The van der Waals surface area contributed by atoms with E-state index in [4.69, 9.17) is 4.74 Å². The summed E-state index contributed by atoms with van der Waals surface area (Å²) in [4.78, 5) is 36.3. The van der Waals surface area contributed by atoms with Gasteiger partial charge < -0.3 is 19.5 Å². The van der Waals surface area contributed by atoms with Gasteiger partial charge in [0.15, 0.2) is 0 Å². The van der Waals surface area contributed by atoms with E-state index in [1.165, 1.54) is 7.11 Å². The van der Waals surface area contributed by atoms with Gasteiger partial charge in [0.2, 0.25) is 0 Å². The average molecular weight is 327 g/mol.